The maximum atomic E-state index is 13.4. The Morgan fingerprint density at radius 1 is 0.688 bits per heavy atom. The van der Waals surface area contributed by atoms with Crippen molar-refractivity contribution in [1.29, 1.82) is 0 Å². The second kappa shape index (κ2) is 9.96. The Hall–Kier alpha value is -3.18. The van der Waals surface area contributed by atoms with Gasteiger partial charge in [-0.1, -0.05) is 42.5 Å². The standard InChI is InChI=1S/C14H8F4O.C7H6BF3O2/c15-13-7-10(1-2-11(13)8-19)9-3-5-12(6-4-9)14(16,17)18;9-7(10,11)5-1-3-6(4-2-5)8(12)13/h1-8H;1-4,12-13H. The Kier molecular flexibility index (Phi) is 7.81. The Bertz CT molecular complexity index is 1040. The van der Waals surface area contributed by atoms with Gasteiger partial charge in [0, 0.05) is 0 Å². The van der Waals surface area contributed by atoms with Gasteiger partial charge in [0.25, 0.3) is 0 Å². The van der Waals surface area contributed by atoms with Crippen molar-refractivity contribution in [2.75, 3.05) is 0 Å². The molecule has 0 amide bonds. The molecule has 0 aliphatic carbocycles. The van der Waals surface area contributed by atoms with Crippen LogP contribution in [0.25, 0.3) is 11.1 Å². The lowest BCUT2D eigenvalue weighted by Crippen LogP contribution is -2.29. The number of alkyl halides is 6. The van der Waals surface area contributed by atoms with Gasteiger partial charge in [0.2, 0.25) is 0 Å². The van der Waals surface area contributed by atoms with E-state index in [4.69, 9.17) is 10.0 Å². The molecule has 168 valence electrons. The number of hydrogen-bond donors (Lipinski definition) is 2. The molecular weight excluding hydrogens is 444 g/mol. The molecule has 0 fully saturated rings. The molecule has 2 N–H and O–H groups in total. The minimum Gasteiger partial charge on any atom is -0.423 e. The largest absolute Gasteiger partial charge is 0.488 e. The first-order valence-electron chi connectivity index (χ1n) is 8.78. The third-order valence-electron chi connectivity index (χ3n) is 4.21. The summed E-state index contributed by atoms with van der Waals surface area (Å²) in [4.78, 5) is 10.5. The highest BCUT2D eigenvalue weighted by atomic mass is 19.4. The normalized spacial score (nSPS) is 11.4. The van der Waals surface area contributed by atoms with Crippen LogP contribution in [0.4, 0.5) is 30.7 Å². The Balaban J connectivity index is 0.000000244. The molecule has 0 aliphatic rings. The van der Waals surface area contributed by atoms with Crippen molar-refractivity contribution in [2.45, 2.75) is 12.4 Å². The average Bonchev–Trinajstić information content (AvgIpc) is 2.73. The number of halogens is 7. The predicted molar refractivity (Wildman–Crippen MR) is 103 cm³/mol. The zero-order valence-electron chi connectivity index (χ0n) is 16.0. The molecule has 3 rings (SSSR count). The quantitative estimate of drug-likeness (QED) is 0.340. The minimum absolute atomic E-state index is 0.0352. The van der Waals surface area contributed by atoms with Crippen molar-refractivity contribution in [1.82, 2.24) is 0 Å². The van der Waals surface area contributed by atoms with Crippen LogP contribution in [-0.2, 0) is 12.4 Å². The van der Waals surface area contributed by atoms with Gasteiger partial charge in [-0.2, -0.15) is 26.3 Å². The molecule has 0 unspecified atom stereocenters. The van der Waals surface area contributed by atoms with Crippen LogP contribution in [0.2, 0.25) is 0 Å². The van der Waals surface area contributed by atoms with Crippen LogP contribution >= 0.6 is 0 Å². The first kappa shape index (κ1) is 25.1. The maximum Gasteiger partial charge on any atom is 0.488 e. The van der Waals surface area contributed by atoms with Crippen LogP contribution < -0.4 is 5.46 Å². The van der Waals surface area contributed by atoms with E-state index in [-0.39, 0.29) is 11.0 Å². The molecule has 0 aromatic heterocycles. The van der Waals surface area contributed by atoms with Crippen LogP contribution in [0.3, 0.4) is 0 Å². The predicted octanol–water partition coefficient (Wildman–Crippen LogP) is 4.71. The lowest BCUT2D eigenvalue weighted by molar-refractivity contribution is -0.138. The van der Waals surface area contributed by atoms with Crippen LogP contribution in [0.1, 0.15) is 21.5 Å². The van der Waals surface area contributed by atoms with Crippen molar-refractivity contribution in [3.8, 4) is 11.1 Å². The third kappa shape index (κ3) is 6.66. The highest BCUT2D eigenvalue weighted by Crippen LogP contribution is 2.31. The minimum atomic E-state index is -4.40. The molecule has 11 heteroatoms. The van der Waals surface area contributed by atoms with E-state index in [0.29, 0.717) is 17.4 Å². The molecule has 0 spiro atoms. The molecule has 0 aliphatic heterocycles. The van der Waals surface area contributed by atoms with Gasteiger partial charge in [0.15, 0.2) is 6.29 Å². The van der Waals surface area contributed by atoms with Crippen LogP contribution in [0.5, 0.6) is 0 Å². The maximum absolute atomic E-state index is 13.4. The smallest absolute Gasteiger partial charge is 0.423 e. The van der Waals surface area contributed by atoms with Crippen LogP contribution in [0, 0.1) is 5.82 Å². The molecule has 3 nitrogen and oxygen atoms in total. The molecule has 0 bridgehead atoms. The molecule has 0 radical (unpaired) electrons. The molecule has 0 saturated carbocycles. The van der Waals surface area contributed by atoms with E-state index in [1.54, 1.807) is 0 Å². The molecule has 0 atom stereocenters. The summed E-state index contributed by atoms with van der Waals surface area (Å²) >= 11 is 0. The van der Waals surface area contributed by atoms with Crippen molar-refractivity contribution >= 4 is 18.9 Å². The van der Waals surface area contributed by atoms with E-state index in [1.165, 1.54) is 24.3 Å². The fraction of sp³-hybridized carbons (Fsp3) is 0.0952. The fourth-order valence-corrected chi connectivity index (χ4v) is 2.50. The highest BCUT2D eigenvalue weighted by Gasteiger charge is 2.31. The average molecular weight is 458 g/mol. The summed E-state index contributed by atoms with van der Waals surface area (Å²) < 4.78 is 86.5. The van der Waals surface area contributed by atoms with Gasteiger partial charge in [-0.05, 0) is 40.9 Å². The molecule has 0 heterocycles. The molecule has 3 aromatic rings. The van der Waals surface area contributed by atoms with E-state index in [1.807, 2.05) is 0 Å². The fourth-order valence-electron chi connectivity index (χ4n) is 2.50. The number of aldehydes is 1. The Labute approximate surface area is 177 Å². The van der Waals surface area contributed by atoms with Crippen LogP contribution in [0.15, 0.2) is 66.7 Å². The SMILES string of the molecule is O=Cc1ccc(-c2ccc(C(F)(F)F)cc2)cc1F.OB(O)c1ccc(C(F)(F)F)cc1. The van der Waals surface area contributed by atoms with Gasteiger partial charge in [-0.25, -0.2) is 4.39 Å². The summed E-state index contributed by atoms with van der Waals surface area (Å²) in [6.07, 6.45) is -8.41. The number of benzene rings is 3. The molecule has 0 saturated heterocycles. The summed E-state index contributed by atoms with van der Waals surface area (Å²) in [5.74, 6) is -0.701. The lowest BCUT2D eigenvalue weighted by atomic mass is 9.80. The lowest BCUT2D eigenvalue weighted by Gasteiger charge is -2.08. The second-order valence-corrected chi connectivity index (χ2v) is 6.42. The molecule has 3 aromatic carbocycles. The van der Waals surface area contributed by atoms with Crippen molar-refractivity contribution in [2.24, 2.45) is 0 Å². The number of rotatable bonds is 3. The zero-order chi connectivity index (χ0) is 24.1. The number of carbonyl (C=O) groups is 1. The van der Waals surface area contributed by atoms with Gasteiger partial charge < -0.3 is 10.0 Å². The van der Waals surface area contributed by atoms with E-state index in [0.717, 1.165) is 42.5 Å². The first-order valence-corrected chi connectivity index (χ1v) is 8.78. The van der Waals surface area contributed by atoms with E-state index < -0.39 is 36.4 Å². The summed E-state index contributed by atoms with van der Waals surface area (Å²) in [6, 6.07) is 11.9. The Morgan fingerprint density at radius 2 is 1.12 bits per heavy atom. The topological polar surface area (TPSA) is 57.5 Å². The highest BCUT2D eigenvalue weighted by molar-refractivity contribution is 6.58. The van der Waals surface area contributed by atoms with Crippen molar-refractivity contribution < 1.29 is 45.6 Å². The van der Waals surface area contributed by atoms with E-state index >= 15 is 0 Å². The van der Waals surface area contributed by atoms with Crippen LogP contribution in [-0.4, -0.2) is 23.5 Å². The van der Waals surface area contributed by atoms with Gasteiger partial charge in [-0.3, -0.25) is 4.79 Å². The third-order valence-corrected chi connectivity index (χ3v) is 4.21. The monoisotopic (exact) mass is 458 g/mol. The van der Waals surface area contributed by atoms with Crippen molar-refractivity contribution in [3.05, 3.63) is 89.2 Å². The van der Waals surface area contributed by atoms with Gasteiger partial charge in [0.1, 0.15) is 5.82 Å². The number of hydrogen-bond acceptors (Lipinski definition) is 3. The summed E-state index contributed by atoms with van der Waals surface area (Å²) in [5.41, 5.74) is -0.761. The van der Waals surface area contributed by atoms with E-state index in [9.17, 15) is 35.5 Å². The van der Waals surface area contributed by atoms with Gasteiger partial charge in [-0.15, -0.1) is 0 Å². The summed E-state index contributed by atoms with van der Waals surface area (Å²) in [6.45, 7) is 0. The summed E-state index contributed by atoms with van der Waals surface area (Å²) in [7, 11) is -1.73. The summed E-state index contributed by atoms with van der Waals surface area (Å²) in [5, 5.41) is 17.2. The van der Waals surface area contributed by atoms with E-state index in [2.05, 4.69) is 0 Å². The Morgan fingerprint density at radius 3 is 1.50 bits per heavy atom. The van der Waals surface area contributed by atoms with Crippen molar-refractivity contribution in [3.63, 3.8) is 0 Å². The first-order chi connectivity index (χ1) is 14.8. The second-order valence-electron chi connectivity index (χ2n) is 6.42. The van der Waals surface area contributed by atoms with Gasteiger partial charge in [0.05, 0.1) is 16.7 Å². The zero-order valence-corrected chi connectivity index (χ0v) is 16.0. The molecule has 32 heavy (non-hydrogen) atoms. The van der Waals surface area contributed by atoms with Gasteiger partial charge >= 0.3 is 19.5 Å². The number of carbonyl (C=O) groups excluding carboxylic acids is 1. The molecular formula is C21H14BF7O3.